The van der Waals surface area contributed by atoms with Crippen molar-refractivity contribution in [2.75, 3.05) is 25.1 Å². The monoisotopic (exact) mass is 339 g/mol. The van der Waals surface area contributed by atoms with Crippen LogP contribution >= 0.6 is 0 Å². The van der Waals surface area contributed by atoms with Gasteiger partial charge in [0.05, 0.1) is 12.8 Å². The standard InChI is InChI=1S/C20H25N3O2/c1-20(21,15-8-4-3-5-9-15)19(24)22-16-12-13-23(14-16)17-10-6-7-11-18(17)25-2/h3-11,16H,12-14,21H2,1-2H3,(H,22,24). The summed E-state index contributed by atoms with van der Waals surface area (Å²) in [6.45, 7) is 3.37. The number of carbonyl (C=O) groups excluding carboxylic acids is 1. The van der Waals surface area contributed by atoms with Gasteiger partial charge in [0.15, 0.2) is 0 Å². The summed E-state index contributed by atoms with van der Waals surface area (Å²) in [4.78, 5) is 14.9. The van der Waals surface area contributed by atoms with Gasteiger partial charge in [-0.3, -0.25) is 4.79 Å². The fourth-order valence-electron chi connectivity index (χ4n) is 3.24. The average Bonchev–Trinajstić information content (AvgIpc) is 3.10. The number of amides is 1. The van der Waals surface area contributed by atoms with E-state index in [9.17, 15) is 4.79 Å². The Bertz CT molecular complexity index is 731. The molecule has 0 aromatic heterocycles. The molecule has 1 heterocycles. The lowest BCUT2D eigenvalue weighted by Gasteiger charge is -2.26. The van der Waals surface area contributed by atoms with Gasteiger partial charge >= 0.3 is 0 Å². The van der Waals surface area contributed by atoms with Crippen molar-refractivity contribution >= 4 is 11.6 Å². The van der Waals surface area contributed by atoms with E-state index >= 15 is 0 Å². The molecule has 1 amide bonds. The normalized spacial score (nSPS) is 19.3. The second kappa shape index (κ2) is 7.15. The van der Waals surface area contributed by atoms with E-state index in [1.54, 1.807) is 14.0 Å². The summed E-state index contributed by atoms with van der Waals surface area (Å²) in [6, 6.07) is 17.5. The fourth-order valence-corrected chi connectivity index (χ4v) is 3.24. The van der Waals surface area contributed by atoms with Crippen LogP contribution in [0.1, 0.15) is 18.9 Å². The third kappa shape index (κ3) is 3.61. The Morgan fingerprint density at radius 2 is 1.88 bits per heavy atom. The first-order valence-electron chi connectivity index (χ1n) is 8.55. The molecule has 5 heteroatoms. The molecule has 2 unspecified atom stereocenters. The fraction of sp³-hybridized carbons (Fsp3) is 0.350. The number of nitrogens with two attached hydrogens (primary N) is 1. The smallest absolute Gasteiger partial charge is 0.244 e. The van der Waals surface area contributed by atoms with Gasteiger partial charge in [-0.15, -0.1) is 0 Å². The molecular formula is C20H25N3O2. The van der Waals surface area contributed by atoms with Gasteiger partial charge in [0.2, 0.25) is 5.91 Å². The Kier molecular flexibility index (Phi) is 4.95. The van der Waals surface area contributed by atoms with Gasteiger partial charge in [0, 0.05) is 19.1 Å². The summed E-state index contributed by atoms with van der Waals surface area (Å²) in [7, 11) is 1.67. The van der Waals surface area contributed by atoms with Crippen LogP contribution in [-0.4, -0.2) is 32.1 Å². The molecule has 2 atom stereocenters. The lowest BCUT2D eigenvalue weighted by Crippen LogP contribution is -2.52. The maximum atomic E-state index is 12.7. The van der Waals surface area contributed by atoms with Crippen molar-refractivity contribution in [2.45, 2.75) is 24.9 Å². The summed E-state index contributed by atoms with van der Waals surface area (Å²) in [6.07, 6.45) is 0.884. The Morgan fingerprint density at radius 3 is 2.60 bits per heavy atom. The van der Waals surface area contributed by atoms with E-state index in [-0.39, 0.29) is 11.9 Å². The number of ether oxygens (including phenoxy) is 1. The maximum absolute atomic E-state index is 12.7. The molecule has 0 spiro atoms. The van der Waals surface area contributed by atoms with Crippen LogP contribution in [-0.2, 0) is 10.3 Å². The maximum Gasteiger partial charge on any atom is 0.244 e. The third-order valence-corrected chi connectivity index (χ3v) is 4.79. The van der Waals surface area contributed by atoms with Crippen molar-refractivity contribution in [3.8, 4) is 5.75 Å². The van der Waals surface area contributed by atoms with Crippen molar-refractivity contribution in [2.24, 2.45) is 5.73 Å². The Hall–Kier alpha value is -2.53. The van der Waals surface area contributed by atoms with Crippen molar-refractivity contribution < 1.29 is 9.53 Å². The highest BCUT2D eigenvalue weighted by molar-refractivity contribution is 5.87. The highest BCUT2D eigenvalue weighted by Gasteiger charge is 2.34. The molecule has 5 nitrogen and oxygen atoms in total. The third-order valence-electron chi connectivity index (χ3n) is 4.79. The first kappa shape index (κ1) is 17.3. The van der Waals surface area contributed by atoms with E-state index < -0.39 is 5.54 Å². The van der Waals surface area contributed by atoms with Crippen LogP contribution in [0.5, 0.6) is 5.75 Å². The first-order valence-corrected chi connectivity index (χ1v) is 8.55. The number of methoxy groups -OCH3 is 1. The Balaban J connectivity index is 1.66. The van der Waals surface area contributed by atoms with Crippen LogP contribution in [0.2, 0.25) is 0 Å². The van der Waals surface area contributed by atoms with E-state index in [0.29, 0.717) is 0 Å². The number of nitrogens with one attached hydrogen (secondary N) is 1. The van der Waals surface area contributed by atoms with Crippen LogP contribution in [0, 0.1) is 0 Å². The number of nitrogens with zero attached hydrogens (tertiary/aromatic N) is 1. The lowest BCUT2D eigenvalue weighted by molar-refractivity contribution is -0.126. The predicted octanol–water partition coefficient (Wildman–Crippen LogP) is 2.26. The molecule has 1 aliphatic rings. The molecule has 0 saturated carbocycles. The molecule has 2 aromatic carbocycles. The van der Waals surface area contributed by atoms with Crippen LogP contribution < -0.4 is 20.7 Å². The lowest BCUT2D eigenvalue weighted by atomic mass is 9.92. The largest absolute Gasteiger partial charge is 0.495 e. The minimum Gasteiger partial charge on any atom is -0.495 e. The van der Waals surface area contributed by atoms with Crippen LogP contribution in [0.15, 0.2) is 54.6 Å². The van der Waals surface area contributed by atoms with Gasteiger partial charge in [-0.2, -0.15) is 0 Å². The van der Waals surface area contributed by atoms with Crippen molar-refractivity contribution in [1.82, 2.24) is 5.32 Å². The zero-order valence-electron chi connectivity index (χ0n) is 14.7. The van der Waals surface area contributed by atoms with E-state index in [0.717, 1.165) is 36.5 Å². The Labute approximate surface area is 148 Å². The highest BCUT2D eigenvalue weighted by atomic mass is 16.5. The molecule has 3 N–H and O–H groups in total. The van der Waals surface area contributed by atoms with E-state index in [2.05, 4.69) is 10.2 Å². The molecule has 25 heavy (non-hydrogen) atoms. The second-order valence-corrected chi connectivity index (χ2v) is 6.65. The number of para-hydroxylation sites is 2. The molecule has 3 rings (SSSR count). The van der Waals surface area contributed by atoms with Gasteiger partial charge in [-0.25, -0.2) is 0 Å². The summed E-state index contributed by atoms with van der Waals surface area (Å²) >= 11 is 0. The highest BCUT2D eigenvalue weighted by Crippen LogP contribution is 2.30. The van der Waals surface area contributed by atoms with E-state index in [4.69, 9.17) is 10.5 Å². The van der Waals surface area contributed by atoms with Gasteiger partial charge in [0.1, 0.15) is 11.3 Å². The summed E-state index contributed by atoms with van der Waals surface area (Å²) in [5.74, 6) is 0.702. The molecule has 2 aromatic rings. The van der Waals surface area contributed by atoms with Gasteiger partial charge in [-0.1, -0.05) is 42.5 Å². The number of rotatable bonds is 5. The average molecular weight is 339 g/mol. The van der Waals surface area contributed by atoms with Crippen LogP contribution in [0.3, 0.4) is 0 Å². The van der Waals surface area contributed by atoms with Crippen LogP contribution in [0.4, 0.5) is 5.69 Å². The van der Waals surface area contributed by atoms with E-state index in [1.165, 1.54) is 0 Å². The molecule has 0 bridgehead atoms. The zero-order valence-corrected chi connectivity index (χ0v) is 14.7. The quantitative estimate of drug-likeness (QED) is 0.877. The van der Waals surface area contributed by atoms with Gasteiger partial charge < -0.3 is 20.7 Å². The molecule has 132 valence electrons. The summed E-state index contributed by atoms with van der Waals surface area (Å²) in [5.41, 5.74) is 7.13. The van der Waals surface area contributed by atoms with Crippen LogP contribution in [0.25, 0.3) is 0 Å². The first-order chi connectivity index (χ1) is 12.0. The van der Waals surface area contributed by atoms with Crippen molar-refractivity contribution in [1.29, 1.82) is 0 Å². The molecule has 0 radical (unpaired) electrons. The minimum atomic E-state index is -1.04. The number of anilines is 1. The number of hydrogen-bond donors (Lipinski definition) is 2. The SMILES string of the molecule is COc1ccccc1N1CCC(NC(=O)C(C)(N)c2ccccc2)C1. The molecule has 0 aliphatic carbocycles. The van der Waals surface area contributed by atoms with Gasteiger partial charge in [-0.05, 0) is 31.0 Å². The van der Waals surface area contributed by atoms with Crippen molar-refractivity contribution in [3.05, 3.63) is 60.2 Å². The number of carbonyl (C=O) groups is 1. The topological polar surface area (TPSA) is 67.6 Å². The van der Waals surface area contributed by atoms with E-state index in [1.807, 2.05) is 54.6 Å². The molecular weight excluding hydrogens is 314 g/mol. The van der Waals surface area contributed by atoms with Crippen molar-refractivity contribution in [3.63, 3.8) is 0 Å². The number of hydrogen-bond acceptors (Lipinski definition) is 4. The molecule has 1 fully saturated rings. The summed E-state index contributed by atoms with van der Waals surface area (Å²) < 4.78 is 5.44. The Morgan fingerprint density at radius 1 is 1.20 bits per heavy atom. The molecule has 1 saturated heterocycles. The summed E-state index contributed by atoms with van der Waals surface area (Å²) in [5, 5.41) is 3.11. The van der Waals surface area contributed by atoms with Gasteiger partial charge in [0.25, 0.3) is 0 Å². The second-order valence-electron chi connectivity index (χ2n) is 6.65. The minimum absolute atomic E-state index is 0.0731. The number of benzene rings is 2. The molecule has 1 aliphatic heterocycles. The predicted molar refractivity (Wildman–Crippen MR) is 99.7 cm³/mol. The zero-order chi connectivity index (χ0) is 17.9.